The number of rotatable bonds is 4. The first-order valence-corrected chi connectivity index (χ1v) is 8.38. The first-order chi connectivity index (χ1) is 11.7. The summed E-state index contributed by atoms with van der Waals surface area (Å²) in [6.45, 7) is 2.49. The van der Waals surface area contributed by atoms with Crippen molar-refractivity contribution in [3.05, 3.63) is 71.8 Å². The fourth-order valence-electron chi connectivity index (χ4n) is 3.23. The molecule has 0 bridgehead atoms. The second-order valence-corrected chi connectivity index (χ2v) is 6.16. The second kappa shape index (κ2) is 7.30. The number of amides is 2. The Labute approximate surface area is 142 Å². The van der Waals surface area contributed by atoms with Crippen molar-refractivity contribution in [1.29, 1.82) is 0 Å². The van der Waals surface area contributed by atoms with Gasteiger partial charge in [0.25, 0.3) is 5.91 Å². The fourth-order valence-corrected chi connectivity index (χ4v) is 3.23. The van der Waals surface area contributed by atoms with E-state index in [1.807, 2.05) is 41.3 Å². The molecule has 1 N–H and O–H groups in total. The third-order valence-electron chi connectivity index (χ3n) is 4.47. The lowest BCUT2D eigenvalue weighted by Crippen LogP contribution is -2.46. The van der Waals surface area contributed by atoms with Crippen LogP contribution in [0, 0.1) is 0 Å². The number of nitrogens with one attached hydrogen (secondary N) is 1. The molecule has 3 rings (SSSR count). The van der Waals surface area contributed by atoms with Crippen molar-refractivity contribution in [2.24, 2.45) is 0 Å². The molecular formula is C20H22N2O2. The summed E-state index contributed by atoms with van der Waals surface area (Å²) in [6.07, 6.45) is 1.96. The minimum Gasteiger partial charge on any atom is -0.341 e. The van der Waals surface area contributed by atoms with Crippen LogP contribution in [0.5, 0.6) is 0 Å². The van der Waals surface area contributed by atoms with Gasteiger partial charge in [-0.2, -0.15) is 0 Å². The Balaban J connectivity index is 1.68. The lowest BCUT2D eigenvalue weighted by Gasteiger charge is -2.28. The van der Waals surface area contributed by atoms with Crippen LogP contribution in [0.1, 0.15) is 41.7 Å². The van der Waals surface area contributed by atoms with Crippen molar-refractivity contribution in [3.63, 3.8) is 0 Å². The molecule has 2 atom stereocenters. The first-order valence-electron chi connectivity index (χ1n) is 8.38. The Bertz CT molecular complexity index is 700. The van der Waals surface area contributed by atoms with Gasteiger partial charge in [-0.15, -0.1) is 0 Å². The highest BCUT2D eigenvalue weighted by Crippen LogP contribution is 2.32. The zero-order valence-corrected chi connectivity index (χ0v) is 13.8. The number of carbonyl (C=O) groups is 2. The Morgan fingerprint density at radius 1 is 1.04 bits per heavy atom. The largest absolute Gasteiger partial charge is 0.341 e. The molecule has 2 aromatic rings. The third kappa shape index (κ3) is 3.48. The molecule has 1 fully saturated rings. The molecule has 1 heterocycles. The molecule has 0 aliphatic carbocycles. The van der Waals surface area contributed by atoms with Gasteiger partial charge in [0.05, 0.1) is 6.04 Å². The maximum absolute atomic E-state index is 12.8. The molecule has 1 aliphatic rings. The molecule has 2 unspecified atom stereocenters. The number of hydrogen-bond donors (Lipinski definition) is 1. The second-order valence-electron chi connectivity index (χ2n) is 6.16. The number of likely N-dealkylation sites (tertiary alicyclic amines) is 1. The molecule has 2 amide bonds. The van der Waals surface area contributed by atoms with Crippen LogP contribution in [0.2, 0.25) is 0 Å². The van der Waals surface area contributed by atoms with Crippen LogP contribution in [-0.4, -0.2) is 29.3 Å². The Kier molecular flexibility index (Phi) is 4.94. The summed E-state index contributed by atoms with van der Waals surface area (Å²) in [4.78, 5) is 26.9. The normalized spacial score (nSPS) is 18.2. The van der Waals surface area contributed by atoms with Crippen LogP contribution in [0.4, 0.5) is 0 Å². The topological polar surface area (TPSA) is 49.4 Å². The molecule has 0 radical (unpaired) electrons. The van der Waals surface area contributed by atoms with Crippen LogP contribution in [0.25, 0.3) is 0 Å². The first kappa shape index (κ1) is 16.2. The van der Waals surface area contributed by atoms with Gasteiger partial charge in [0.15, 0.2) is 0 Å². The monoisotopic (exact) mass is 322 g/mol. The van der Waals surface area contributed by atoms with Crippen molar-refractivity contribution in [2.45, 2.75) is 31.8 Å². The molecule has 4 nitrogen and oxygen atoms in total. The van der Waals surface area contributed by atoms with Crippen LogP contribution in [-0.2, 0) is 4.79 Å². The molecule has 0 aromatic heterocycles. The molecule has 4 heteroatoms. The standard InChI is InChI=1S/C20H22N2O2/c1-15(21-19(23)17-11-6-3-7-12-17)20(24)22-14-8-13-18(22)16-9-4-2-5-10-16/h2-7,9-12,15,18H,8,13-14H2,1H3,(H,21,23). The Hall–Kier alpha value is -2.62. The quantitative estimate of drug-likeness (QED) is 0.940. The minimum atomic E-state index is -0.540. The van der Waals surface area contributed by atoms with Gasteiger partial charge >= 0.3 is 0 Å². The highest BCUT2D eigenvalue weighted by Gasteiger charge is 2.32. The van der Waals surface area contributed by atoms with Gasteiger partial charge in [0.2, 0.25) is 5.91 Å². The van der Waals surface area contributed by atoms with Crippen LogP contribution >= 0.6 is 0 Å². The number of benzene rings is 2. The lowest BCUT2D eigenvalue weighted by molar-refractivity contribution is -0.133. The van der Waals surface area contributed by atoms with Gasteiger partial charge < -0.3 is 10.2 Å². The van der Waals surface area contributed by atoms with Gasteiger partial charge in [-0.25, -0.2) is 0 Å². The average molecular weight is 322 g/mol. The SMILES string of the molecule is CC(NC(=O)c1ccccc1)C(=O)N1CCCC1c1ccccc1. The van der Waals surface area contributed by atoms with E-state index in [0.717, 1.165) is 24.9 Å². The predicted molar refractivity (Wildman–Crippen MR) is 93.5 cm³/mol. The molecular weight excluding hydrogens is 300 g/mol. The molecule has 24 heavy (non-hydrogen) atoms. The predicted octanol–water partition coefficient (Wildman–Crippen LogP) is 3.17. The van der Waals surface area contributed by atoms with Gasteiger partial charge in [-0.05, 0) is 37.5 Å². The lowest BCUT2D eigenvalue weighted by atomic mass is 10.0. The van der Waals surface area contributed by atoms with Crippen molar-refractivity contribution >= 4 is 11.8 Å². The van der Waals surface area contributed by atoms with E-state index < -0.39 is 6.04 Å². The van der Waals surface area contributed by atoms with Crippen molar-refractivity contribution in [3.8, 4) is 0 Å². The molecule has 124 valence electrons. The maximum atomic E-state index is 12.8. The van der Waals surface area contributed by atoms with E-state index in [9.17, 15) is 9.59 Å². The average Bonchev–Trinajstić information content (AvgIpc) is 3.12. The third-order valence-corrected chi connectivity index (χ3v) is 4.47. The summed E-state index contributed by atoms with van der Waals surface area (Å²) >= 11 is 0. The molecule has 1 saturated heterocycles. The van der Waals surface area contributed by atoms with E-state index in [-0.39, 0.29) is 17.9 Å². The van der Waals surface area contributed by atoms with Crippen LogP contribution < -0.4 is 5.32 Å². The zero-order chi connectivity index (χ0) is 16.9. The van der Waals surface area contributed by atoms with E-state index in [2.05, 4.69) is 17.4 Å². The Morgan fingerprint density at radius 3 is 2.33 bits per heavy atom. The number of carbonyl (C=O) groups excluding carboxylic acids is 2. The van der Waals surface area contributed by atoms with Crippen molar-refractivity contribution < 1.29 is 9.59 Å². The van der Waals surface area contributed by atoms with Crippen LogP contribution in [0.15, 0.2) is 60.7 Å². The maximum Gasteiger partial charge on any atom is 0.251 e. The van der Waals surface area contributed by atoms with Crippen molar-refractivity contribution in [2.75, 3.05) is 6.54 Å². The number of nitrogens with zero attached hydrogens (tertiary/aromatic N) is 1. The number of hydrogen-bond acceptors (Lipinski definition) is 2. The summed E-state index contributed by atoms with van der Waals surface area (Å²) in [6, 6.07) is 18.6. The zero-order valence-electron chi connectivity index (χ0n) is 13.8. The van der Waals surface area contributed by atoms with Crippen molar-refractivity contribution in [1.82, 2.24) is 10.2 Å². The van der Waals surface area contributed by atoms with E-state index in [0.29, 0.717) is 5.56 Å². The van der Waals surface area contributed by atoms with Gasteiger partial charge in [0.1, 0.15) is 6.04 Å². The van der Waals surface area contributed by atoms with Crippen LogP contribution in [0.3, 0.4) is 0 Å². The van der Waals surface area contributed by atoms with E-state index in [1.54, 1.807) is 19.1 Å². The summed E-state index contributed by atoms with van der Waals surface area (Å²) in [5, 5.41) is 2.81. The van der Waals surface area contributed by atoms with Gasteiger partial charge in [-0.3, -0.25) is 9.59 Å². The fraction of sp³-hybridized carbons (Fsp3) is 0.300. The van der Waals surface area contributed by atoms with Gasteiger partial charge in [-0.1, -0.05) is 48.5 Å². The summed E-state index contributed by atoms with van der Waals surface area (Å²) < 4.78 is 0. The summed E-state index contributed by atoms with van der Waals surface area (Å²) in [5.74, 6) is -0.238. The highest BCUT2D eigenvalue weighted by atomic mass is 16.2. The molecule has 0 saturated carbocycles. The van der Waals surface area contributed by atoms with Gasteiger partial charge in [0, 0.05) is 12.1 Å². The molecule has 0 spiro atoms. The smallest absolute Gasteiger partial charge is 0.251 e. The van der Waals surface area contributed by atoms with E-state index in [1.165, 1.54) is 0 Å². The van der Waals surface area contributed by atoms with E-state index >= 15 is 0 Å². The highest BCUT2D eigenvalue weighted by molar-refractivity contribution is 5.97. The minimum absolute atomic E-state index is 0.0226. The molecule has 1 aliphatic heterocycles. The van der Waals surface area contributed by atoms with E-state index in [4.69, 9.17) is 0 Å². The summed E-state index contributed by atoms with van der Waals surface area (Å²) in [5.41, 5.74) is 1.73. The summed E-state index contributed by atoms with van der Waals surface area (Å²) in [7, 11) is 0. The molecule has 2 aromatic carbocycles. The Morgan fingerprint density at radius 2 is 1.67 bits per heavy atom.